The number of hydrogen-bond acceptors (Lipinski definition) is 4. The lowest BCUT2D eigenvalue weighted by Gasteiger charge is -2.02. The predicted molar refractivity (Wildman–Crippen MR) is 74.7 cm³/mol. The van der Waals surface area contributed by atoms with Gasteiger partial charge < -0.3 is 4.74 Å². The Kier molecular flexibility index (Phi) is 4.39. The number of rotatable bonds is 4. The van der Waals surface area contributed by atoms with Crippen LogP contribution in [0.2, 0.25) is 5.02 Å². The number of nitrogens with zero attached hydrogens (tertiary/aromatic N) is 2. The van der Waals surface area contributed by atoms with E-state index in [0.717, 1.165) is 4.47 Å². The van der Waals surface area contributed by atoms with E-state index < -0.39 is 0 Å². The molecule has 0 saturated carbocycles. The first-order valence-electron chi connectivity index (χ1n) is 5.41. The Balaban J connectivity index is 2.11. The highest BCUT2D eigenvalue weighted by Gasteiger charge is 2.11. The van der Waals surface area contributed by atoms with Crippen LogP contribution >= 0.6 is 27.5 Å². The lowest BCUT2D eigenvalue weighted by Crippen LogP contribution is -2.13. The molecule has 1 heterocycles. The van der Waals surface area contributed by atoms with E-state index >= 15 is 0 Å². The quantitative estimate of drug-likeness (QED) is 0.893. The lowest BCUT2D eigenvalue weighted by molar-refractivity contribution is 0.102. The molecule has 8 heteroatoms. The largest absolute Gasteiger partial charge is 0.463 e. The molecule has 1 aromatic carbocycles. The molecule has 0 aliphatic rings. The maximum Gasteiger partial charge on any atom is 0.337 e. The number of aromatic amines is 1. The van der Waals surface area contributed by atoms with Crippen molar-refractivity contribution in [2.24, 2.45) is 0 Å². The Morgan fingerprint density at radius 3 is 3.00 bits per heavy atom. The van der Waals surface area contributed by atoms with Crippen LogP contribution in [0.4, 0.5) is 5.95 Å². The Bertz CT molecular complexity index is 582. The van der Waals surface area contributed by atoms with E-state index in [9.17, 15) is 4.79 Å². The summed E-state index contributed by atoms with van der Waals surface area (Å²) in [5, 5.41) is 9.37. The molecule has 19 heavy (non-hydrogen) atoms. The zero-order valence-electron chi connectivity index (χ0n) is 9.91. The van der Waals surface area contributed by atoms with Crippen molar-refractivity contribution in [3.05, 3.63) is 33.3 Å². The molecular formula is C11H10BrClN4O2. The molecule has 0 aliphatic heterocycles. The number of carbonyl (C=O) groups excluding carboxylic acids is 1. The number of ether oxygens (including phenoxy) is 1. The number of carbonyl (C=O) groups is 1. The number of amides is 1. The van der Waals surface area contributed by atoms with Crippen LogP contribution < -0.4 is 10.1 Å². The van der Waals surface area contributed by atoms with E-state index in [1.165, 1.54) is 0 Å². The molecule has 1 aromatic heterocycles. The summed E-state index contributed by atoms with van der Waals surface area (Å²) in [6, 6.07) is 5.09. The topological polar surface area (TPSA) is 79.9 Å². The average molecular weight is 346 g/mol. The molecule has 100 valence electrons. The molecular weight excluding hydrogens is 336 g/mol. The molecule has 0 aliphatic carbocycles. The first kappa shape index (κ1) is 13.8. The Labute approximate surface area is 122 Å². The smallest absolute Gasteiger partial charge is 0.337 e. The van der Waals surface area contributed by atoms with Crippen LogP contribution in [0.15, 0.2) is 22.7 Å². The summed E-state index contributed by atoms with van der Waals surface area (Å²) in [4.78, 5) is 15.9. The van der Waals surface area contributed by atoms with Crippen molar-refractivity contribution in [1.29, 1.82) is 0 Å². The maximum absolute atomic E-state index is 12.0. The van der Waals surface area contributed by atoms with Crippen LogP contribution in [0, 0.1) is 0 Å². The van der Waals surface area contributed by atoms with Gasteiger partial charge >= 0.3 is 6.01 Å². The predicted octanol–water partition coefficient (Wildman–Crippen LogP) is 2.87. The van der Waals surface area contributed by atoms with Gasteiger partial charge in [-0.05, 0) is 25.1 Å². The van der Waals surface area contributed by atoms with Gasteiger partial charge in [-0.3, -0.25) is 10.1 Å². The van der Waals surface area contributed by atoms with Crippen molar-refractivity contribution in [3.63, 3.8) is 0 Å². The molecule has 2 N–H and O–H groups in total. The SMILES string of the molecule is CCOc1n[nH]c(NC(=O)c2cc(Cl)cc(Br)c2)n1. The van der Waals surface area contributed by atoms with E-state index in [0.29, 0.717) is 17.2 Å². The monoisotopic (exact) mass is 344 g/mol. The second kappa shape index (κ2) is 6.03. The Morgan fingerprint density at radius 1 is 1.53 bits per heavy atom. The molecule has 0 fully saturated rings. The molecule has 2 aromatic rings. The van der Waals surface area contributed by atoms with Gasteiger partial charge in [0.1, 0.15) is 0 Å². The highest BCUT2D eigenvalue weighted by atomic mass is 79.9. The maximum atomic E-state index is 12.0. The van der Waals surface area contributed by atoms with Gasteiger partial charge in [0, 0.05) is 15.1 Å². The van der Waals surface area contributed by atoms with E-state index in [1.807, 2.05) is 6.92 Å². The fourth-order valence-electron chi connectivity index (χ4n) is 1.36. The minimum atomic E-state index is -0.345. The molecule has 6 nitrogen and oxygen atoms in total. The summed E-state index contributed by atoms with van der Waals surface area (Å²) in [5.74, 6) is -0.132. The summed E-state index contributed by atoms with van der Waals surface area (Å²) in [6.07, 6.45) is 0. The van der Waals surface area contributed by atoms with Crippen molar-refractivity contribution in [2.75, 3.05) is 11.9 Å². The lowest BCUT2D eigenvalue weighted by atomic mass is 10.2. The number of H-pyrrole nitrogens is 1. The Morgan fingerprint density at radius 2 is 2.32 bits per heavy atom. The van der Waals surface area contributed by atoms with E-state index in [1.54, 1.807) is 18.2 Å². The van der Waals surface area contributed by atoms with Gasteiger partial charge in [-0.15, -0.1) is 5.10 Å². The normalized spacial score (nSPS) is 10.3. The molecule has 1 amide bonds. The average Bonchev–Trinajstić information content (AvgIpc) is 2.76. The minimum absolute atomic E-state index is 0.185. The number of benzene rings is 1. The zero-order chi connectivity index (χ0) is 13.8. The standard InChI is InChI=1S/C11H10BrClN4O2/c1-2-19-11-15-10(16-17-11)14-9(18)6-3-7(12)5-8(13)4-6/h3-5H,2H2,1H3,(H2,14,15,16,17,18). The van der Waals surface area contributed by atoms with Gasteiger partial charge in [0.25, 0.3) is 5.91 Å². The van der Waals surface area contributed by atoms with Crippen LogP contribution in [0.1, 0.15) is 17.3 Å². The molecule has 0 saturated heterocycles. The summed E-state index contributed by atoms with van der Waals surface area (Å²) < 4.78 is 5.80. The van der Waals surface area contributed by atoms with Gasteiger partial charge in [-0.25, -0.2) is 5.10 Å². The minimum Gasteiger partial charge on any atom is -0.463 e. The zero-order valence-corrected chi connectivity index (χ0v) is 12.2. The summed E-state index contributed by atoms with van der Waals surface area (Å²) in [6.45, 7) is 2.27. The summed E-state index contributed by atoms with van der Waals surface area (Å²) in [7, 11) is 0. The van der Waals surface area contributed by atoms with Crippen LogP contribution in [0.25, 0.3) is 0 Å². The van der Waals surface area contributed by atoms with E-state index in [2.05, 4.69) is 36.4 Å². The first-order valence-corrected chi connectivity index (χ1v) is 6.58. The van der Waals surface area contributed by atoms with Crippen LogP contribution in [-0.4, -0.2) is 27.7 Å². The summed E-state index contributed by atoms with van der Waals surface area (Å²) >= 11 is 9.15. The van der Waals surface area contributed by atoms with Crippen LogP contribution in [-0.2, 0) is 0 Å². The second-order valence-corrected chi connectivity index (χ2v) is 4.86. The first-order chi connectivity index (χ1) is 9.08. The molecule has 0 spiro atoms. The molecule has 0 unspecified atom stereocenters. The summed E-state index contributed by atoms with van der Waals surface area (Å²) in [5.41, 5.74) is 0.411. The van der Waals surface area contributed by atoms with Crippen LogP contribution in [0.3, 0.4) is 0 Å². The van der Waals surface area contributed by atoms with Crippen LogP contribution in [0.5, 0.6) is 6.01 Å². The van der Waals surface area contributed by atoms with Crippen molar-refractivity contribution in [2.45, 2.75) is 6.92 Å². The number of anilines is 1. The third-order valence-corrected chi connectivity index (χ3v) is 2.77. The number of halogens is 2. The fraction of sp³-hybridized carbons (Fsp3) is 0.182. The van der Waals surface area contributed by atoms with Gasteiger partial charge in [0.15, 0.2) is 0 Å². The van der Waals surface area contributed by atoms with E-state index in [-0.39, 0.29) is 17.9 Å². The van der Waals surface area contributed by atoms with Crippen molar-refractivity contribution in [3.8, 4) is 6.01 Å². The van der Waals surface area contributed by atoms with E-state index in [4.69, 9.17) is 16.3 Å². The van der Waals surface area contributed by atoms with Crippen molar-refractivity contribution >= 4 is 39.4 Å². The molecule has 2 rings (SSSR count). The van der Waals surface area contributed by atoms with Gasteiger partial charge in [-0.1, -0.05) is 27.5 Å². The second-order valence-electron chi connectivity index (χ2n) is 3.51. The third-order valence-electron chi connectivity index (χ3n) is 2.10. The highest BCUT2D eigenvalue weighted by molar-refractivity contribution is 9.10. The van der Waals surface area contributed by atoms with Gasteiger partial charge in [0.05, 0.1) is 6.61 Å². The van der Waals surface area contributed by atoms with Crippen molar-refractivity contribution in [1.82, 2.24) is 15.2 Å². The highest BCUT2D eigenvalue weighted by Crippen LogP contribution is 2.20. The number of aromatic nitrogens is 3. The number of hydrogen-bond donors (Lipinski definition) is 2. The fourth-order valence-corrected chi connectivity index (χ4v) is 2.22. The molecule has 0 atom stereocenters. The van der Waals surface area contributed by atoms with Gasteiger partial charge in [0.2, 0.25) is 5.95 Å². The van der Waals surface area contributed by atoms with Crippen molar-refractivity contribution < 1.29 is 9.53 Å². The number of nitrogens with one attached hydrogen (secondary N) is 2. The van der Waals surface area contributed by atoms with Gasteiger partial charge in [-0.2, -0.15) is 4.98 Å². The third kappa shape index (κ3) is 3.68. The molecule has 0 radical (unpaired) electrons. The molecule has 0 bridgehead atoms. The Hall–Kier alpha value is -1.60.